The van der Waals surface area contributed by atoms with Crippen LogP contribution in [0.3, 0.4) is 0 Å². The first-order valence-electron chi connectivity index (χ1n) is 7.73. The Kier molecular flexibility index (Phi) is 6.43. The van der Waals surface area contributed by atoms with Crippen molar-refractivity contribution in [3.05, 3.63) is 18.2 Å². The van der Waals surface area contributed by atoms with Gasteiger partial charge < -0.3 is 14.2 Å². The van der Waals surface area contributed by atoms with Crippen LogP contribution in [0.2, 0.25) is 0 Å². The molecule has 0 amide bonds. The maximum Gasteiger partial charge on any atom is 0.243 e. The predicted molar refractivity (Wildman–Crippen MR) is 87.5 cm³/mol. The van der Waals surface area contributed by atoms with Crippen LogP contribution in [-0.2, 0) is 14.8 Å². The van der Waals surface area contributed by atoms with Crippen LogP contribution in [0, 0.1) is 11.3 Å². The number of methoxy groups -OCH3 is 2. The van der Waals surface area contributed by atoms with Crippen LogP contribution in [0.25, 0.3) is 0 Å². The molecule has 1 aliphatic heterocycles. The van der Waals surface area contributed by atoms with E-state index in [-0.39, 0.29) is 30.5 Å². The van der Waals surface area contributed by atoms with Gasteiger partial charge in [0.05, 0.1) is 31.3 Å². The maximum absolute atomic E-state index is 13.0. The Bertz CT molecular complexity index is 693. The molecule has 7 nitrogen and oxygen atoms in total. The third kappa shape index (κ3) is 4.17. The Morgan fingerprint density at radius 2 is 2.08 bits per heavy atom. The van der Waals surface area contributed by atoms with Gasteiger partial charge in [-0.15, -0.1) is 0 Å². The Morgan fingerprint density at radius 1 is 1.33 bits per heavy atom. The van der Waals surface area contributed by atoms with E-state index in [0.29, 0.717) is 18.1 Å². The fraction of sp³-hybridized carbons (Fsp3) is 0.562. The SMILES string of the molecule is COc1ccc(S(=O)(=O)N(CCC#N)C[C@H]2CCCO2)cc1OC. The summed E-state index contributed by atoms with van der Waals surface area (Å²) in [5, 5.41) is 8.82. The highest BCUT2D eigenvalue weighted by Gasteiger charge is 2.29. The minimum absolute atomic E-state index is 0.107. The average Bonchev–Trinajstić information content (AvgIpc) is 3.10. The van der Waals surface area contributed by atoms with Crippen LogP contribution in [0.1, 0.15) is 19.3 Å². The van der Waals surface area contributed by atoms with Gasteiger partial charge in [0.1, 0.15) is 0 Å². The van der Waals surface area contributed by atoms with Gasteiger partial charge in [-0.2, -0.15) is 9.57 Å². The van der Waals surface area contributed by atoms with E-state index >= 15 is 0 Å². The van der Waals surface area contributed by atoms with Crippen LogP contribution < -0.4 is 9.47 Å². The van der Waals surface area contributed by atoms with E-state index in [0.717, 1.165) is 12.8 Å². The molecular weight excluding hydrogens is 332 g/mol. The lowest BCUT2D eigenvalue weighted by atomic mass is 10.2. The molecule has 0 unspecified atom stereocenters. The van der Waals surface area contributed by atoms with Crippen LogP contribution in [0.15, 0.2) is 23.1 Å². The van der Waals surface area contributed by atoms with Gasteiger partial charge in [-0.3, -0.25) is 0 Å². The number of rotatable bonds is 8. The van der Waals surface area contributed by atoms with Crippen molar-refractivity contribution in [1.82, 2.24) is 4.31 Å². The fourth-order valence-corrected chi connectivity index (χ4v) is 4.11. The van der Waals surface area contributed by atoms with Gasteiger partial charge in [0, 0.05) is 32.2 Å². The molecule has 0 N–H and O–H groups in total. The summed E-state index contributed by atoms with van der Waals surface area (Å²) in [7, 11) is -0.810. The first-order chi connectivity index (χ1) is 11.5. The van der Waals surface area contributed by atoms with Crippen molar-refractivity contribution in [2.24, 2.45) is 0 Å². The molecule has 1 heterocycles. The van der Waals surface area contributed by atoms with Gasteiger partial charge in [0.2, 0.25) is 10.0 Å². The minimum atomic E-state index is -3.75. The van der Waals surface area contributed by atoms with Gasteiger partial charge in [0.15, 0.2) is 11.5 Å². The number of nitriles is 1. The van der Waals surface area contributed by atoms with E-state index in [4.69, 9.17) is 19.5 Å². The lowest BCUT2D eigenvalue weighted by molar-refractivity contribution is 0.0941. The van der Waals surface area contributed by atoms with Gasteiger partial charge >= 0.3 is 0 Å². The molecule has 0 bridgehead atoms. The summed E-state index contributed by atoms with van der Waals surface area (Å²) in [5.74, 6) is 0.801. The summed E-state index contributed by atoms with van der Waals surface area (Å²) < 4.78 is 43.1. The lowest BCUT2D eigenvalue weighted by Crippen LogP contribution is -2.38. The molecule has 0 spiro atoms. The molecule has 1 saturated heterocycles. The molecule has 1 fully saturated rings. The number of hydrogen-bond acceptors (Lipinski definition) is 6. The van der Waals surface area contributed by atoms with E-state index in [1.165, 1.54) is 30.7 Å². The minimum Gasteiger partial charge on any atom is -0.493 e. The van der Waals surface area contributed by atoms with E-state index in [1.54, 1.807) is 6.07 Å². The Balaban J connectivity index is 2.30. The highest BCUT2D eigenvalue weighted by atomic mass is 32.2. The normalized spacial score (nSPS) is 17.7. The third-order valence-electron chi connectivity index (χ3n) is 3.90. The van der Waals surface area contributed by atoms with Crippen LogP contribution >= 0.6 is 0 Å². The molecule has 1 aliphatic rings. The number of hydrogen-bond donors (Lipinski definition) is 0. The quantitative estimate of drug-likeness (QED) is 0.707. The molecule has 1 atom stereocenters. The number of benzene rings is 1. The van der Waals surface area contributed by atoms with Crippen LogP contribution in [0.4, 0.5) is 0 Å². The first-order valence-corrected chi connectivity index (χ1v) is 9.17. The van der Waals surface area contributed by atoms with Crippen molar-refractivity contribution in [1.29, 1.82) is 5.26 Å². The van der Waals surface area contributed by atoms with Crippen molar-refractivity contribution in [2.75, 3.05) is 33.9 Å². The fourth-order valence-electron chi connectivity index (χ4n) is 2.63. The largest absolute Gasteiger partial charge is 0.493 e. The lowest BCUT2D eigenvalue weighted by Gasteiger charge is -2.24. The van der Waals surface area contributed by atoms with Crippen LogP contribution in [-0.4, -0.2) is 52.7 Å². The summed E-state index contributed by atoms with van der Waals surface area (Å²) in [6.45, 7) is 1.03. The Morgan fingerprint density at radius 3 is 2.67 bits per heavy atom. The number of sulfonamides is 1. The second kappa shape index (κ2) is 8.33. The maximum atomic E-state index is 13.0. The second-order valence-corrected chi connectivity index (χ2v) is 7.36. The highest BCUT2D eigenvalue weighted by Crippen LogP contribution is 2.31. The Labute approximate surface area is 142 Å². The molecular formula is C16H22N2O5S. The molecule has 8 heteroatoms. The molecule has 0 aliphatic carbocycles. The standard InChI is InChI=1S/C16H22N2O5S/c1-21-15-7-6-14(11-16(15)22-2)24(19,20)18(9-4-8-17)12-13-5-3-10-23-13/h6-7,11,13H,3-5,9-10,12H2,1-2H3/t13-/m1/s1. The van der Waals surface area contributed by atoms with Crippen molar-refractivity contribution in [2.45, 2.75) is 30.3 Å². The molecule has 0 aromatic heterocycles. The van der Waals surface area contributed by atoms with E-state index < -0.39 is 10.0 Å². The average molecular weight is 354 g/mol. The smallest absolute Gasteiger partial charge is 0.243 e. The zero-order valence-corrected chi connectivity index (χ0v) is 14.7. The van der Waals surface area contributed by atoms with Crippen molar-refractivity contribution >= 4 is 10.0 Å². The van der Waals surface area contributed by atoms with Gasteiger partial charge in [0.25, 0.3) is 0 Å². The molecule has 2 rings (SSSR count). The molecule has 0 radical (unpaired) electrons. The summed E-state index contributed by atoms with van der Waals surface area (Å²) in [5.41, 5.74) is 0. The summed E-state index contributed by atoms with van der Waals surface area (Å²) in [6.07, 6.45) is 1.75. The van der Waals surface area contributed by atoms with Crippen molar-refractivity contribution in [3.8, 4) is 17.6 Å². The molecule has 132 valence electrons. The summed E-state index contributed by atoms with van der Waals surface area (Å²) in [6, 6.07) is 6.46. The van der Waals surface area contributed by atoms with E-state index in [9.17, 15) is 8.42 Å². The van der Waals surface area contributed by atoms with Gasteiger partial charge in [-0.05, 0) is 25.0 Å². The third-order valence-corrected chi connectivity index (χ3v) is 5.76. The molecule has 0 saturated carbocycles. The molecule has 1 aromatic rings. The van der Waals surface area contributed by atoms with Crippen LogP contribution in [0.5, 0.6) is 11.5 Å². The number of nitrogens with zero attached hydrogens (tertiary/aromatic N) is 2. The van der Waals surface area contributed by atoms with Crippen molar-refractivity contribution < 1.29 is 22.6 Å². The zero-order chi connectivity index (χ0) is 17.6. The zero-order valence-electron chi connectivity index (χ0n) is 13.9. The Hall–Kier alpha value is -1.82. The first kappa shape index (κ1) is 18.5. The number of ether oxygens (including phenoxy) is 3. The van der Waals surface area contributed by atoms with Gasteiger partial charge in [-0.25, -0.2) is 8.42 Å². The second-order valence-electron chi connectivity index (χ2n) is 5.42. The monoisotopic (exact) mass is 354 g/mol. The summed E-state index contributed by atoms with van der Waals surface area (Å²) >= 11 is 0. The highest BCUT2D eigenvalue weighted by molar-refractivity contribution is 7.89. The van der Waals surface area contributed by atoms with E-state index in [2.05, 4.69) is 0 Å². The van der Waals surface area contributed by atoms with E-state index in [1.807, 2.05) is 6.07 Å². The molecule has 24 heavy (non-hydrogen) atoms. The predicted octanol–water partition coefficient (Wildman–Crippen LogP) is 1.79. The molecule has 1 aromatic carbocycles. The summed E-state index contributed by atoms with van der Waals surface area (Å²) in [4.78, 5) is 0.107. The van der Waals surface area contributed by atoms with Gasteiger partial charge in [-0.1, -0.05) is 0 Å². The van der Waals surface area contributed by atoms with Crippen molar-refractivity contribution in [3.63, 3.8) is 0 Å². The topological polar surface area (TPSA) is 88.9 Å².